The predicted molar refractivity (Wildman–Crippen MR) is 148 cm³/mol. The first-order chi connectivity index (χ1) is 17.8. The van der Waals surface area contributed by atoms with Gasteiger partial charge in [0.05, 0.1) is 10.9 Å². The molecule has 0 saturated carbocycles. The lowest BCUT2D eigenvalue weighted by Crippen LogP contribution is -2.46. The van der Waals surface area contributed by atoms with E-state index in [9.17, 15) is 13.2 Å². The van der Waals surface area contributed by atoms with Gasteiger partial charge in [-0.25, -0.2) is 8.42 Å². The normalized spacial score (nSPS) is 15.4. The minimum absolute atomic E-state index is 0.163. The first-order valence-corrected chi connectivity index (χ1v) is 14.0. The first-order valence-electron chi connectivity index (χ1n) is 12.5. The van der Waals surface area contributed by atoms with Crippen molar-refractivity contribution in [2.24, 2.45) is 0 Å². The Morgan fingerprint density at radius 1 is 0.892 bits per heavy atom. The van der Waals surface area contributed by atoms with E-state index in [0.717, 1.165) is 33.0 Å². The maximum Gasteiger partial charge on any atom is 0.252 e. The number of fused-ring (bicyclic) bond motifs is 1. The Hall–Kier alpha value is -3.52. The fourth-order valence-corrected chi connectivity index (χ4v) is 6.38. The second kappa shape index (κ2) is 10.5. The van der Waals surface area contributed by atoms with Gasteiger partial charge in [-0.3, -0.25) is 4.79 Å². The average molecular weight is 514 g/mol. The molecule has 0 spiro atoms. The number of carbonyl (C=O) groups excluding carboxylic acids is 1. The average Bonchev–Trinajstić information content (AvgIpc) is 2.93. The third-order valence-corrected chi connectivity index (χ3v) is 8.90. The Bertz CT molecular complexity index is 1550. The van der Waals surface area contributed by atoms with Crippen LogP contribution in [0, 0.1) is 6.92 Å². The van der Waals surface area contributed by atoms with E-state index in [1.165, 1.54) is 4.31 Å². The number of sulfonamides is 1. The molecule has 7 heteroatoms. The molecule has 4 aromatic carbocycles. The highest BCUT2D eigenvalue weighted by atomic mass is 32.2. The zero-order valence-electron chi connectivity index (χ0n) is 21.1. The highest BCUT2D eigenvalue weighted by molar-refractivity contribution is 7.89. The zero-order chi connectivity index (χ0) is 26.0. The summed E-state index contributed by atoms with van der Waals surface area (Å²) in [5, 5.41) is 8.59. The number of aryl methyl sites for hydroxylation is 1. The number of hydrogen-bond acceptors (Lipinski definition) is 4. The standard InChI is InChI=1S/C30H31N3O3S/c1-21-13-14-25(24-9-5-10-26(19-24)37(35,36)33-17-15-31-16-18-33)20-29(21)30(34)32-22(2)27-12-6-8-23-7-3-4-11-28(23)27/h3-14,19-20,22,31H,15-18H2,1-2H3,(H,32,34)/t22-/m1/s1. The number of piperazine rings is 1. The van der Waals surface area contributed by atoms with Crippen molar-refractivity contribution in [3.05, 3.63) is 102 Å². The van der Waals surface area contributed by atoms with Crippen molar-refractivity contribution in [2.75, 3.05) is 26.2 Å². The van der Waals surface area contributed by atoms with E-state index < -0.39 is 10.0 Å². The van der Waals surface area contributed by atoms with Crippen LogP contribution in [0.4, 0.5) is 0 Å². The fourth-order valence-electron chi connectivity index (χ4n) is 4.90. The summed E-state index contributed by atoms with van der Waals surface area (Å²) in [6.07, 6.45) is 0. The number of nitrogens with zero attached hydrogens (tertiary/aromatic N) is 1. The van der Waals surface area contributed by atoms with E-state index in [0.29, 0.717) is 31.7 Å². The summed E-state index contributed by atoms with van der Waals surface area (Å²) >= 11 is 0. The molecule has 1 heterocycles. The molecule has 1 saturated heterocycles. The molecular formula is C30H31N3O3S. The number of rotatable bonds is 6. The lowest BCUT2D eigenvalue weighted by molar-refractivity contribution is 0.0939. The maximum absolute atomic E-state index is 13.4. The van der Waals surface area contributed by atoms with Gasteiger partial charge in [0.1, 0.15) is 0 Å². The van der Waals surface area contributed by atoms with Crippen LogP contribution >= 0.6 is 0 Å². The van der Waals surface area contributed by atoms with Crippen molar-refractivity contribution in [1.82, 2.24) is 14.9 Å². The Kier molecular flexibility index (Phi) is 7.11. The summed E-state index contributed by atoms with van der Waals surface area (Å²) < 4.78 is 27.9. The van der Waals surface area contributed by atoms with Crippen LogP contribution in [0.5, 0.6) is 0 Å². The topological polar surface area (TPSA) is 78.5 Å². The molecule has 190 valence electrons. The first kappa shape index (κ1) is 25.1. The van der Waals surface area contributed by atoms with Crippen molar-refractivity contribution in [1.29, 1.82) is 0 Å². The van der Waals surface area contributed by atoms with Crippen molar-refractivity contribution in [2.45, 2.75) is 24.8 Å². The Labute approximate surface area is 218 Å². The number of benzene rings is 4. The van der Waals surface area contributed by atoms with E-state index in [4.69, 9.17) is 0 Å². The quantitative estimate of drug-likeness (QED) is 0.384. The molecule has 37 heavy (non-hydrogen) atoms. The van der Waals surface area contributed by atoms with Crippen molar-refractivity contribution in [3.63, 3.8) is 0 Å². The minimum atomic E-state index is -3.58. The van der Waals surface area contributed by atoms with E-state index in [2.05, 4.69) is 28.8 Å². The van der Waals surface area contributed by atoms with Crippen LogP contribution in [0.15, 0.2) is 89.8 Å². The monoisotopic (exact) mass is 513 g/mol. The van der Waals surface area contributed by atoms with Crippen LogP contribution in [0.2, 0.25) is 0 Å². The second-order valence-electron chi connectivity index (χ2n) is 9.48. The predicted octanol–water partition coefficient (Wildman–Crippen LogP) is 4.90. The molecule has 1 fully saturated rings. The maximum atomic E-state index is 13.4. The Morgan fingerprint density at radius 3 is 2.41 bits per heavy atom. The van der Waals surface area contributed by atoms with Crippen LogP contribution in [0.3, 0.4) is 0 Å². The van der Waals surface area contributed by atoms with Crippen molar-refractivity contribution < 1.29 is 13.2 Å². The number of nitrogens with one attached hydrogen (secondary N) is 2. The van der Waals surface area contributed by atoms with Gasteiger partial charge in [-0.15, -0.1) is 0 Å². The SMILES string of the molecule is Cc1ccc(-c2cccc(S(=O)(=O)N3CCNCC3)c2)cc1C(=O)N[C@H](C)c1cccc2ccccc12. The second-order valence-corrected chi connectivity index (χ2v) is 11.4. The van der Waals surface area contributed by atoms with Gasteiger partial charge in [-0.2, -0.15) is 4.31 Å². The van der Waals surface area contributed by atoms with Crippen LogP contribution in [0.1, 0.15) is 34.5 Å². The molecule has 1 aliphatic heterocycles. The van der Waals surface area contributed by atoms with Gasteiger partial charge in [0, 0.05) is 31.7 Å². The third kappa shape index (κ3) is 5.16. The zero-order valence-corrected chi connectivity index (χ0v) is 21.9. The summed E-state index contributed by atoms with van der Waals surface area (Å²) in [5.74, 6) is -0.163. The smallest absolute Gasteiger partial charge is 0.252 e. The van der Waals surface area contributed by atoms with Gasteiger partial charge < -0.3 is 10.6 Å². The van der Waals surface area contributed by atoms with Gasteiger partial charge in [-0.05, 0) is 65.1 Å². The Morgan fingerprint density at radius 2 is 1.59 bits per heavy atom. The van der Waals surface area contributed by atoms with Gasteiger partial charge in [0.2, 0.25) is 10.0 Å². The number of carbonyl (C=O) groups is 1. The minimum Gasteiger partial charge on any atom is -0.345 e. The van der Waals surface area contributed by atoms with E-state index in [1.807, 2.05) is 62.4 Å². The van der Waals surface area contributed by atoms with E-state index in [1.54, 1.807) is 18.2 Å². The molecule has 5 rings (SSSR count). The Balaban J connectivity index is 1.41. The molecule has 1 atom stereocenters. The van der Waals surface area contributed by atoms with Crippen LogP contribution < -0.4 is 10.6 Å². The lowest BCUT2D eigenvalue weighted by atomic mass is 9.97. The molecule has 0 bridgehead atoms. The molecule has 4 aromatic rings. The number of hydrogen-bond donors (Lipinski definition) is 2. The summed E-state index contributed by atoms with van der Waals surface area (Å²) in [7, 11) is -3.58. The summed E-state index contributed by atoms with van der Waals surface area (Å²) in [5.41, 5.74) is 4.04. The summed E-state index contributed by atoms with van der Waals surface area (Å²) in [6.45, 7) is 6.10. The number of amides is 1. The summed E-state index contributed by atoms with van der Waals surface area (Å²) in [6, 6.07) is 26.7. The molecule has 6 nitrogen and oxygen atoms in total. The van der Waals surface area contributed by atoms with Crippen LogP contribution in [-0.4, -0.2) is 44.8 Å². The fraction of sp³-hybridized carbons (Fsp3) is 0.233. The third-order valence-electron chi connectivity index (χ3n) is 7.00. The van der Waals surface area contributed by atoms with E-state index >= 15 is 0 Å². The largest absolute Gasteiger partial charge is 0.345 e. The lowest BCUT2D eigenvalue weighted by Gasteiger charge is -2.26. The molecule has 1 aliphatic rings. The highest BCUT2D eigenvalue weighted by Crippen LogP contribution is 2.28. The molecular weight excluding hydrogens is 482 g/mol. The molecule has 0 aromatic heterocycles. The molecule has 1 amide bonds. The molecule has 2 N–H and O–H groups in total. The van der Waals surface area contributed by atoms with Gasteiger partial charge in [-0.1, -0.05) is 66.7 Å². The van der Waals surface area contributed by atoms with Crippen LogP contribution in [-0.2, 0) is 10.0 Å². The highest BCUT2D eigenvalue weighted by Gasteiger charge is 2.26. The van der Waals surface area contributed by atoms with Gasteiger partial charge in [0.25, 0.3) is 5.91 Å². The van der Waals surface area contributed by atoms with Gasteiger partial charge in [0.15, 0.2) is 0 Å². The van der Waals surface area contributed by atoms with Crippen molar-refractivity contribution >= 4 is 26.7 Å². The molecule has 0 aliphatic carbocycles. The van der Waals surface area contributed by atoms with E-state index in [-0.39, 0.29) is 16.8 Å². The van der Waals surface area contributed by atoms with Crippen LogP contribution in [0.25, 0.3) is 21.9 Å². The summed E-state index contributed by atoms with van der Waals surface area (Å²) in [4.78, 5) is 13.6. The molecule has 0 radical (unpaired) electrons. The molecule has 0 unspecified atom stereocenters. The van der Waals surface area contributed by atoms with Crippen molar-refractivity contribution in [3.8, 4) is 11.1 Å². The van der Waals surface area contributed by atoms with Gasteiger partial charge >= 0.3 is 0 Å².